The van der Waals surface area contributed by atoms with Crippen molar-refractivity contribution < 1.29 is 22.2 Å². The Morgan fingerprint density at radius 2 is 2.00 bits per heavy atom. The zero-order valence-corrected chi connectivity index (χ0v) is 17.8. The van der Waals surface area contributed by atoms with E-state index in [-0.39, 0.29) is 16.7 Å². The van der Waals surface area contributed by atoms with Gasteiger partial charge in [0.25, 0.3) is 0 Å². The zero-order valence-electron chi connectivity index (χ0n) is 16.2. The highest BCUT2D eigenvalue weighted by Gasteiger charge is 2.17. The van der Waals surface area contributed by atoms with Crippen molar-refractivity contribution in [1.29, 1.82) is 0 Å². The summed E-state index contributed by atoms with van der Waals surface area (Å²) in [5.41, 5.74) is 1.08. The number of furan rings is 1. The normalized spacial score (nSPS) is 12.0. The van der Waals surface area contributed by atoms with Crippen molar-refractivity contribution in [3.8, 4) is 0 Å². The van der Waals surface area contributed by atoms with E-state index in [2.05, 4.69) is 15.2 Å². The van der Waals surface area contributed by atoms with E-state index in [1.807, 2.05) is 0 Å². The minimum Gasteiger partial charge on any atom is -0.465 e. The van der Waals surface area contributed by atoms with Crippen molar-refractivity contribution >= 4 is 45.1 Å². The molecule has 0 unspecified atom stereocenters. The van der Waals surface area contributed by atoms with E-state index in [1.165, 1.54) is 6.07 Å². The summed E-state index contributed by atoms with van der Waals surface area (Å²) >= 11 is 1.11. The fraction of sp³-hybridized carbons (Fsp3) is 0.263. The van der Waals surface area contributed by atoms with Crippen molar-refractivity contribution in [2.75, 3.05) is 5.32 Å². The molecule has 0 aliphatic carbocycles. The first-order valence-electron chi connectivity index (χ1n) is 8.87. The second kappa shape index (κ2) is 8.76. The number of carbonyl (C=O) groups is 1. The van der Waals surface area contributed by atoms with E-state index in [9.17, 15) is 13.2 Å². The number of aromatic nitrogens is 1. The molecule has 3 aromatic heterocycles. The summed E-state index contributed by atoms with van der Waals surface area (Å²) in [6.45, 7) is 5.36. The fourth-order valence-corrected chi connectivity index (χ4v) is 4.69. The molecule has 29 heavy (non-hydrogen) atoms. The molecule has 0 aliphatic rings. The third-order valence-corrected chi connectivity index (χ3v) is 6.92. The van der Waals surface area contributed by atoms with Crippen molar-refractivity contribution in [1.82, 2.24) is 9.88 Å². The highest BCUT2D eigenvalue weighted by molar-refractivity contribution is 7.91. The third-order valence-electron chi connectivity index (χ3n) is 3.97. The molecule has 3 aromatic rings. The van der Waals surface area contributed by atoms with Crippen LogP contribution in [0.1, 0.15) is 41.2 Å². The minimum absolute atomic E-state index is 0.0804. The molecule has 0 aliphatic heterocycles. The number of anilines is 1. The smallest absolute Gasteiger partial charge is 0.250 e. The van der Waals surface area contributed by atoms with Gasteiger partial charge in [-0.15, -0.1) is 11.3 Å². The molecule has 0 saturated heterocycles. The summed E-state index contributed by atoms with van der Waals surface area (Å²) in [6.07, 6.45) is 3.69. The molecule has 0 saturated carbocycles. The van der Waals surface area contributed by atoms with Crippen LogP contribution in [0.4, 0.5) is 5.69 Å². The first kappa shape index (κ1) is 21.0. The van der Waals surface area contributed by atoms with Crippen molar-refractivity contribution in [2.24, 2.45) is 0 Å². The SMILES string of the molecule is CCC(=O)Nc1c(C)noc1/C=C/c1ccc(S(=O)(=O)NCc2ccc(C)o2)s1. The molecule has 0 spiro atoms. The maximum absolute atomic E-state index is 12.5. The quantitative estimate of drug-likeness (QED) is 0.554. The molecule has 8 nitrogen and oxygen atoms in total. The third kappa shape index (κ3) is 5.22. The average Bonchev–Trinajstić information content (AvgIpc) is 3.40. The average molecular weight is 436 g/mol. The van der Waals surface area contributed by atoms with Crippen LogP contribution < -0.4 is 10.0 Å². The number of sulfonamides is 1. The molecule has 0 fully saturated rings. The largest absolute Gasteiger partial charge is 0.465 e. The second-order valence-electron chi connectivity index (χ2n) is 6.24. The second-order valence-corrected chi connectivity index (χ2v) is 9.35. The summed E-state index contributed by atoms with van der Waals surface area (Å²) in [5, 5.41) is 6.61. The molecule has 0 aromatic carbocycles. The van der Waals surface area contributed by atoms with Gasteiger partial charge in [0, 0.05) is 11.3 Å². The summed E-state index contributed by atoms with van der Waals surface area (Å²) in [7, 11) is -3.65. The van der Waals surface area contributed by atoms with Crippen LogP contribution in [0.3, 0.4) is 0 Å². The van der Waals surface area contributed by atoms with Gasteiger partial charge in [0.1, 0.15) is 27.1 Å². The molecule has 154 valence electrons. The van der Waals surface area contributed by atoms with Gasteiger partial charge < -0.3 is 14.3 Å². The minimum atomic E-state index is -3.65. The Labute approximate surface area is 172 Å². The maximum Gasteiger partial charge on any atom is 0.250 e. The van der Waals surface area contributed by atoms with Crippen molar-refractivity contribution in [2.45, 2.75) is 37.9 Å². The highest BCUT2D eigenvalue weighted by atomic mass is 32.2. The molecule has 0 atom stereocenters. The van der Waals surface area contributed by atoms with Crippen LogP contribution in [0.15, 0.2) is 37.4 Å². The topological polar surface area (TPSA) is 114 Å². The van der Waals surface area contributed by atoms with Gasteiger partial charge in [-0.25, -0.2) is 13.1 Å². The van der Waals surface area contributed by atoms with Gasteiger partial charge in [0.15, 0.2) is 5.76 Å². The summed E-state index contributed by atoms with van der Waals surface area (Å²) in [5.74, 6) is 1.52. The predicted molar refractivity (Wildman–Crippen MR) is 111 cm³/mol. The van der Waals surface area contributed by atoms with E-state index in [0.29, 0.717) is 34.2 Å². The van der Waals surface area contributed by atoms with Crippen molar-refractivity contribution in [3.63, 3.8) is 0 Å². The highest BCUT2D eigenvalue weighted by Crippen LogP contribution is 2.26. The Morgan fingerprint density at radius 1 is 1.21 bits per heavy atom. The monoisotopic (exact) mass is 435 g/mol. The van der Waals surface area contributed by atoms with Gasteiger partial charge in [-0.05, 0) is 50.3 Å². The summed E-state index contributed by atoms with van der Waals surface area (Å²) in [6, 6.07) is 6.74. The van der Waals surface area contributed by atoms with Crippen LogP contribution in [0.5, 0.6) is 0 Å². The number of nitrogens with one attached hydrogen (secondary N) is 2. The van der Waals surface area contributed by atoms with Crippen LogP contribution in [0.25, 0.3) is 12.2 Å². The van der Waals surface area contributed by atoms with Gasteiger partial charge >= 0.3 is 0 Å². The van der Waals surface area contributed by atoms with Gasteiger partial charge in [-0.3, -0.25) is 4.79 Å². The molecule has 1 amide bonds. The Morgan fingerprint density at radius 3 is 2.69 bits per heavy atom. The number of hydrogen-bond acceptors (Lipinski definition) is 7. The molecular weight excluding hydrogens is 414 g/mol. The van der Waals surface area contributed by atoms with Gasteiger partial charge in [-0.1, -0.05) is 12.1 Å². The number of rotatable bonds is 8. The molecule has 0 radical (unpaired) electrons. The molecule has 10 heteroatoms. The lowest BCUT2D eigenvalue weighted by atomic mass is 10.2. The van der Waals surface area contributed by atoms with E-state index in [1.54, 1.807) is 51.1 Å². The van der Waals surface area contributed by atoms with E-state index in [4.69, 9.17) is 8.94 Å². The van der Waals surface area contributed by atoms with E-state index < -0.39 is 10.0 Å². The predicted octanol–water partition coefficient (Wildman–Crippen LogP) is 3.94. The lowest BCUT2D eigenvalue weighted by Crippen LogP contribution is -2.22. The molecule has 3 rings (SSSR count). The number of nitrogens with zero attached hydrogens (tertiary/aromatic N) is 1. The number of aryl methyl sites for hydroxylation is 2. The Bertz CT molecular complexity index is 1140. The van der Waals surface area contributed by atoms with Crippen LogP contribution in [0.2, 0.25) is 0 Å². The fourth-order valence-electron chi connectivity index (χ4n) is 2.42. The Kier molecular flexibility index (Phi) is 6.36. The van der Waals surface area contributed by atoms with Gasteiger partial charge in [0.05, 0.1) is 6.54 Å². The number of thiophene rings is 1. The first-order chi connectivity index (χ1) is 13.8. The lowest BCUT2D eigenvalue weighted by Gasteiger charge is -2.02. The van der Waals surface area contributed by atoms with Crippen LogP contribution in [0, 0.1) is 13.8 Å². The van der Waals surface area contributed by atoms with Crippen LogP contribution in [-0.2, 0) is 21.4 Å². The molecular formula is C19H21N3O5S2. The zero-order chi connectivity index (χ0) is 21.0. The molecule has 0 bridgehead atoms. The van der Waals surface area contributed by atoms with Crippen LogP contribution >= 0.6 is 11.3 Å². The molecule has 2 N–H and O–H groups in total. The number of amides is 1. The van der Waals surface area contributed by atoms with Gasteiger partial charge in [-0.2, -0.15) is 0 Å². The van der Waals surface area contributed by atoms with Crippen molar-refractivity contribution in [3.05, 3.63) is 52.1 Å². The Hall–Kier alpha value is -2.69. The number of hydrogen-bond donors (Lipinski definition) is 2. The maximum atomic E-state index is 12.5. The van der Waals surface area contributed by atoms with Gasteiger partial charge in [0.2, 0.25) is 15.9 Å². The number of carbonyl (C=O) groups excluding carboxylic acids is 1. The lowest BCUT2D eigenvalue weighted by molar-refractivity contribution is -0.115. The molecule has 3 heterocycles. The van der Waals surface area contributed by atoms with E-state index in [0.717, 1.165) is 17.1 Å². The first-order valence-corrected chi connectivity index (χ1v) is 11.2. The van der Waals surface area contributed by atoms with E-state index >= 15 is 0 Å². The Balaban J connectivity index is 1.71. The summed E-state index contributed by atoms with van der Waals surface area (Å²) < 4.78 is 38.3. The summed E-state index contributed by atoms with van der Waals surface area (Å²) in [4.78, 5) is 12.4. The standard InChI is InChI=1S/C19H21N3O5S2/c1-4-17(23)21-19-13(3)22-27-16(19)9-7-15-8-10-18(28-15)29(24,25)20-11-14-6-5-12(2)26-14/h5-10,20H,4,11H2,1-3H3,(H,21,23)/b9-7+. The van der Waals surface area contributed by atoms with Crippen LogP contribution in [-0.4, -0.2) is 19.5 Å².